The molecule has 0 atom stereocenters. The Bertz CT molecular complexity index is 872. The second-order valence-electron chi connectivity index (χ2n) is 6.21. The van der Waals surface area contributed by atoms with Crippen molar-refractivity contribution < 1.29 is 19.1 Å². The number of hydrogen-bond acceptors (Lipinski definition) is 5. The van der Waals surface area contributed by atoms with Gasteiger partial charge in [-0.2, -0.15) is 5.26 Å². The number of carbonyl (C=O) groups is 2. The van der Waals surface area contributed by atoms with Crippen molar-refractivity contribution >= 4 is 33.5 Å². The molecule has 7 heteroatoms. The molecule has 0 aliphatic carbocycles. The first kappa shape index (κ1) is 21.5. The van der Waals surface area contributed by atoms with Crippen molar-refractivity contribution in [2.45, 2.75) is 20.3 Å². The second-order valence-corrected chi connectivity index (χ2v) is 7.12. The lowest BCUT2D eigenvalue weighted by molar-refractivity contribution is -0.149. The first-order chi connectivity index (χ1) is 13.4. The molecular formula is C21H21BrN2O4. The van der Waals surface area contributed by atoms with E-state index in [4.69, 9.17) is 14.7 Å². The van der Waals surface area contributed by atoms with Crippen molar-refractivity contribution in [3.8, 4) is 11.8 Å². The van der Waals surface area contributed by atoms with Gasteiger partial charge in [0, 0.05) is 16.7 Å². The Labute approximate surface area is 172 Å². The Morgan fingerprint density at radius 1 is 1.11 bits per heavy atom. The van der Waals surface area contributed by atoms with Gasteiger partial charge in [0.15, 0.2) is 13.2 Å². The van der Waals surface area contributed by atoms with Crippen molar-refractivity contribution in [3.63, 3.8) is 0 Å². The predicted molar refractivity (Wildman–Crippen MR) is 109 cm³/mol. The number of esters is 1. The van der Waals surface area contributed by atoms with E-state index in [1.807, 2.05) is 44.2 Å². The molecule has 2 aromatic carbocycles. The number of nitrogens with zero attached hydrogens (tertiary/aromatic N) is 2. The lowest BCUT2D eigenvalue weighted by Crippen LogP contribution is -2.36. The Hall–Kier alpha value is -2.85. The number of hydrogen-bond donors (Lipinski definition) is 0. The quantitative estimate of drug-likeness (QED) is 0.576. The fourth-order valence-electron chi connectivity index (χ4n) is 2.63. The fraction of sp³-hybridized carbons (Fsp3) is 0.286. The zero-order chi connectivity index (χ0) is 20.5. The van der Waals surface area contributed by atoms with Gasteiger partial charge in [-0.05, 0) is 55.3 Å². The third kappa shape index (κ3) is 6.71. The lowest BCUT2D eigenvalue weighted by Gasteiger charge is -2.22. The minimum atomic E-state index is -0.644. The van der Waals surface area contributed by atoms with Crippen LogP contribution < -0.4 is 9.64 Å². The van der Waals surface area contributed by atoms with Gasteiger partial charge in [-0.1, -0.05) is 28.1 Å². The average molecular weight is 445 g/mol. The van der Waals surface area contributed by atoms with Gasteiger partial charge >= 0.3 is 5.97 Å². The molecule has 2 aromatic rings. The highest BCUT2D eigenvalue weighted by atomic mass is 79.9. The van der Waals surface area contributed by atoms with E-state index in [1.54, 1.807) is 18.2 Å². The molecule has 28 heavy (non-hydrogen) atoms. The number of benzene rings is 2. The molecule has 0 N–H and O–H groups in total. The SMILES string of the molecule is Cc1cc(C)cc(N(CCC#N)C(=O)COC(=O)COc2cccc(Br)c2)c1. The molecule has 0 unspecified atom stereocenters. The molecule has 2 rings (SSSR count). The topological polar surface area (TPSA) is 79.6 Å². The minimum Gasteiger partial charge on any atom is -0.482 e. The monoisotopic (exact) mass is 444 g/mol. The number of amides is 1. The maximum absolute atomic E-state index is 12.6. The average Bonchev–Trinajstić information content (AvgIpc) is 2.64. The molecule has 0 aliphatic heterocycles. The maximum atomic E-state index is 12.6. The first-order valence-electron chi connectivity index (χ1n) is 8.68. The molecular weight excluding hydrogens is 424 g/mol. The molecule has 0 spiro atoms. The molecule has 0 heterocycles. The van der Waals surface area contributed by atoms with Gasteiger partial charge in [0.25, 0.3) is 5.91 Å². The van der Waals surface area contributed by atoms with Crippen LogP contribution in [0.3, 0.4) is 0 Å². The molecule has 0 fully saturated rings. The van der Waals surface area contributed by atoms with Gasteiger partial charge < -0.3 is 14.4 Å². The molecule has 0 aliphatic rings. The summed E-state index contributed by atoms with van der Waals surface area (Å²) in [6.07, 6.45) is 0.179. The normalized spacial score (nSPS) is 10.1. The number of anilines is 1. The van der Waals surface area contributed by atoms with E-state index in [0.29, 0.717) is 11.4 Å². The van der Waals surface area contributed by atoms with E-state index in [1.165, 1.54) is 4.90 Å². The van der Waals surface area contributed by atoms with Gasteiger partial charge in [0.05, 0.1) is 12.5 Å². The van der Waals surface area contributed by atoms with Gasteiger partial charge in [0.1, 0.15) is 5.75 Å². The van der Waals surface area contributed by atoms with Crippen LogP contribution in [0, 0.1) is 25.2 Å². The standard InChI is InChI=1S/C21H21BrN2O4/c1-15-9-16(2)11-18(10-15)24(8-4-7-23)20(25)13-28-21(26)14-27-19-6-3-5-17(22)12-19/h3,5-6,9-12H,4,8,13-14H2,1-2H3. The van der Waals surface area contributed by atoms with E-state index in [-0.39, 0.29) is 19.6 Å². The van der Waals surface area contributed by atoms with Crippen LogP contribution in [0.5, 0.6) is 5.75 Å². The Morgan fingerprint density at radius 2 is 1.82 bits per heavy atom. The summed E-state index contributed by atoms with van der Waals surface area (Å²) >= 11 is 3.32. The highest BCUT2D eigenvalue weighted by Gasteiger charge is 2.18. The summed E-state index contributed by atoms with van der Waals surface area (Å²) < 4.78 is 11.2. The van der Waals surface area contributed by atoms with Crippen LogP contribution in [0.2, 0.25) is 0 Å². The summed E-state index contributed by atoms with van der Waals surface area (Å²) in [5, 5.41) is 8.88. The molecule has 1 amide bonds. The highest BCUT2D eigenvalue weighted by molar-refractivity contribution is 9.10. The number of aryl methyl sites for hydroxylation is 2. The van der Waals surface area contributed by atoms with Crippen LogP contribution in [0.4, 0.5) is 5.69 Å². The third-order valence-corrected chi connectivity index (χ3v) is 4.27. The summed E-state index contributed by atoms with van der Waals surface area (Å²) in [5.41, 5.74) is 2.69. The van der Waals surface area contributed by atoms with Gasteiger partial charge in [-0.3, -0.25) is 4.79 Å². The van der Waals surface area contributed by atoms with Gasteiger partial charge in [-0.15, -0.1) is 0 Å². The summed E-state index contributed by atoms with van der Waals surface area (Å²) in [6, 6.07) is 14.8. The molecule has 6 nitrogen and oxygen atoms in total. The Balaban J connectivity index is 1.95. The maximum Gasteiger partial charge on any atom is 0.344 e. The first-order valence-corrected chi connectivity index (χ1v) is 9.48. The number of carbonyl (C=O) groups excluding carboxylic acids is 2. The van der Waals surface area contributed by atoms with Crippen LogP contribution in [0.15, 0.2) is 46.9 Å². The van der Waals surface area contributed by atoms with E-state index < -0.39 is 18.5 Å². The van der Waals surface area contributed by atoms with Crippen LogP contribution in [-0.2, 0) is 14.3 Å². The van der Waals surface area contributed by atoms with E-state index in [9.17, 15) is 9.59 Å². The van der Waals surface area contributed by atoms with Crippen molar-refractivity contribution in [2.75, 3.05) is 24.7 Å². The molecule has 0 aromatic heterocycles. The number of rotatable bonds is 8. The number of nitriles is 1. The van der Waals surface area contributed by atoms with Crippen molar-refractivity contribution in [1.82, 2.24) is 0 Å². The Morgan fingerprint density at radius 3 is 2.46 bits per heavy atom. The Kier molecular flexibility index (Phi) is 8.02. The summed E-state index contributed by atoms with van der Waals surface area (Å²) in [4.78, 5) is 26.0. The fourth-order valence-corrected chi connectivity index (χ4v) is 3.01. The van der Waals surface area contributed by atoms with E-state index >= 15 is 0 Å². The van der Waals surface area contributed by atoms with Gasteiger partial charge in [0.2, 0.25) is 0 Å². The zero-order valence-electron chi connectivity index (χ0n) is 15.8. The molecule has 0 saturated heterocycles. The second kappa shape index (κ2) is 10.5. The smallest absolute Gasteiger partial charge is 0.344 e. The molecule has 146 valence electrons. The van der Waals surface area contributed by atoms with Crippen LogP contribution >= 0.6 is 15.9 Å². The number of ether oxygens (including phenoxy) is 2. The van der Waals surface area contributed by atoms with Crippen LogP contribution in [0.1, 0.15) is 17.5 Å². The van der Waals surface area contributed by atoms with Crippen LogP contribution in [-0.4, -0.2) is 31.6 Å². The van der Waals surface area contributed by atoms with E-state index in [2.05, 4.69) is 15.9 Å². The van der Waals surface area contributed by atoms with Crippen molar-refractivity contribution in [2.24, 2.45) is 0 Å². The van der Waals surface area contributed by atoms with Crippen LogP contribution in [0.25, 0.3) is 0 Å². The van der Waals surface area contributed by atoms with Crippen molar-refractivity contribution in [3.05, 3.63) is 58.1 Å². The lowest BCUT2D eigenvalue weighted by atomic mass is 10.1. The number of halogens is 1. The predicted octanol–water partition coefficient (Wildman–Crippen LogP) is 3.93. The molecule has 0 bridgehead atoms. The minimum absolute atomic E-state index is 0.179. The van der Waals surface area contributed by atoms with E-state index in [0.717, 1.165) is 15.6 Å². The van der Waals surface area contributed by atoms with Gasteiger partial charge in [-0.25, -0.2) is 4.79 Å². The van der Waals surface area contributed by atoms with Crippen molar-refractivity contribution in [1.29, 1.82) is 5.26 Å². The largest absolute Gasteiger partial charge is 0.482 e. The summed E-state index contributed by atoms with van der Waals surface area (Å²) in [7, 11) is 0. The molecule has 0 radical (unpaired) electrons. The zero-order valence-corrected chi connectivity index (χ0v) is 17.4. The highest BCUT2D eigenvalue weighted by Crippen LogP contribution is 2.20. The molecule has 0 saturated carbocycles. The summed E-state index contributed by atoms with van der Waals surface area (Å²) in [5.74, 6) is -0.520. The summed E-state index contributed by atoms with van der Waals surface area (Å²) in [6.45, 7) is 3.38. The third-order valence-electron chi connectivity index (χ3n) is 3.78.